The van der Waals surface area contributed by atoms with Gasteiger partial charge in [-0.3, -0.25) is 4.79 Å². The second-order valence-electron chi connectivity index (χ2n) is 9.84. The molecule has 3 aromatic rings. The van der Waals surface area contributed by atoms with E-state index in [-0.39, 0.29) is 24.2 Å². The summed E-state index contributed by atoms with van der Waals surface area (Å²) in [5.41, 5.74) is 3.30. The maximum Gasteiger partial charge on any atom is 0.326 e. The van der Waals surface area contributed by atoms with Crippen LogP contribution in [0.25, 0.3) is 11.1 Å². The lowest BCUT2D eigenvalue weighted by atomic mass is 9.87. The molecule has 200 valence electrons. The Kier molecular flexibility index (Phi) is 8.21. The highest BCUT2D eigenvalue weighted by Crippen LogP contribution is 2.40. The number of carboxylic acids is 1. The van der Waals surface area contributed by atoms with Crippen LogP contribution in [-0.2, 0) is 25.8 Å². The molecule has 0 aliphatic heterocycles. The van der Waals surface area contributed by atoms with Crippen LogP contribution in [0.4, 0.5) is 0 Å². The Labute approximate surface area is 223 Å². The van der Waals surface area contributed by atoms with E-state index in [0.29, 0.717) is 18.4 Å². The highest BCUT2D eigenvalue weighted by Gasteiger charge is 2.52. The summed E-state index contributed by atoms with van der Waals surface area (Å²) < 4.78 is 31.4. The topological polar surface area (TPSA) is 110 Å². The zero-order chi connectivity index (χ0) is 27.3. The van der Waals surface area contributed by atoms with Crippen LogP contribution in [0, 0.1) is 6.92 Å². The van der Waals surface area contributed by atoms with Gasteiger partial charge in [-0.25, -0.2) is 13.2 Å². The zero-order valence-corrected chi connectivity index (χ0v) is 22.5. The van der Waals surface area contributed by atoms with Crippen LogP contribution >= 0.6 is 0 Å². The number of ether oxygens (including phenoxy) is 1. The molecule has 1 aliphatic rings. The number of amides is 1. The minimum atomic E-state index is -4.05. The minimum Gasteiger partial charge on any atom is -0.496 e. The molecule has 1 aliphatic carbocycles. The number of aliphatic carboxylic acids is 1. The Morgan fingerprint density at radius 1 is 0.974 bits per heavy atom. The average molecular weight is 536 g/mol. The minimum absolute atomic E-state index is 0.0217. The fourth-order valence-corrected chi connectivity index (χ4v) is 7.36. The second kappa shape index (κ2) is 11.4. The van der Waals surface area contributed by atoms with Crippen LogP contribution in [0.15, 0.2) is 77.7 Å². The van der Waals surface area contributed by atoms with Gasteiger partial charge in [-0.15, -0.1) is 0 Å². The molecule has 4 rings (SSSR count). The van der Waals surface area contributed by atoms with Gasteiger partial charge < -0.3 is 15.2 Å². The van der Waals surface area contributed by atoms with E-state index in [1.54, 1.807) is 32.2 Å². The molecule has 38 heavy (non-hydrogen) atoms. The number of hydrogen-bond acceptors (Lipinski definition) is 5. The summed E-state index contributed by atoms with van der Waals surface area (Å²) >= 11 is 0. The van der Waals surface area contributed by atoms with Crippen molar-refractivity contribution in [2.75, 3.05) is 7.11 Å². The molecule has 0 spiro atoms. The van der Waals surface area contributed by atoms with Crippen LogP contribution in [0.1, 0.15) is 43.2 Å². The lowest BCUT2D eigenvalue weighted by Gasteiger charge is -2.36. The molecule has 2 N–H and O–H groups in total. The van der Waals surface area contributed by atoms with Crippen LogP contribution in [0.5, 0.6) is 5.75 Å². The second-order valence-corrected chi connectivity index (χ2v) is 12.1. The number of rotatable bonds is 9. The molecular formula is C30H33NO6S. The first-order valence-corrected chi connectivity index (χ1v) is 14.2. The Morgan fingerprint density at radius 2 is 1.66 bits per heavy atom. The van der Waals surface area contributed by atoms with Gasteiger partial charge in [0.15, 0.2) is 14.6 Å². The SMILES string of the molecule is COc1ccccc1-c1ccc(C[C@H](NC(=O)C2(S(=O)(=O)c3cccc(C)c3)CCCCC2)C(=O)O)cc1. The lowest BCUT2D eigenvalue weighted by molar-refractivity contribution is -0.142. The summed E-state index contributed by atoms with van der Waals surface area (Å²) in [4.78, 5) is 25.9. The van der Waals surface area contributed by atoms with Crippen molar-refractivity contribution in [2.45, 2.75) is 61.1 Å². The highest BCUT2D eigenvalue weighted by molar-refractivity contribution is 7.93. The number of methoxy groups -OCH3 is 1. The molecular weight excluding hydrogens is 502 g/mol. The van der Waals surface area contributed by atoms with Gasteiger partial charge in [0.25, 0.3) is 0 Å². The smallest absolute Gasteiger partial charge is 0.326 e. The van der Waals surface area contributed by atoms with Crippen molar-refractivity contribution < 1.29 is 27.9 Å². The molecule has 1 atom stereocenters. The average Bonchev–Trinajstić information content (AvgIpc) is 2.93. The summed E-state index contributed by atoms with van der Waals surface area (Å²) in [5.74, 6) is -1.23. The van der Waals surface area contributed by atoms with Gasteiger partial charge in [0.2, 0.25) is 5.91 Å². The van der Waals surface area contributed by atoms with E-state index in [9.17, 15) is 23.1 Å². The molecule has 0 radical (unpaired) electrons. The van der Waals surface area contributed by atoms with Gasteiger partial charge >= 0.3 is 5.97 Å². The van der Waals surface area contributed by atoms with Crippen LogP contribution in [0.3, 0.4) is 0 Å². The molecule has 0 aromatic heterocycles. The van der Waals surface area contributed by atoms with Crippen molar-refractivity contribution in [1.29, 1.82) is 0 Å². The Bertz CT molecular complexity index is 1410. The third kappa shape index (κ3) is 5.45. The van der Waals surface area contributed by atoms with E-state index in [0.717, 1.165) is 28.9 Å². The van der Waals surface area contributed by atoms with E-state index >= 15 is 0 Å². The lowest BCUT2D eigenvalue weighted by Crippen LogP contribution is -2.57. The summed E-state index contributed by atoms with van der Waals surface area (Å²) in [6.45, 7) is 1.80. The molecule has 7 nitrogen and oxygen atoms in total. The first-order valence-electron chi connectivity index (χ1n) is 12.8. The number of carboxylic acid groups (broad SMARTS) is 1. The molecule has 0 saturated heterocycles. The van der Waals surface area contributed by atoms with E-state index in [1.807, 2.05) is 48.5 Å². The van der Waals surface area contributed by atoms with Crippen LogP contribution < -0.4 is 10.1 Å². The molecule has 8 heteroatoms. The molecule has 3 aromatic carbocycles. The fraction of sp³-hybridized carbons (Fsp3) is 0.333. The monoisotopic (exact) mass is 535 g/mol. The van der Waals surface area contributed by atoms with Gasteiger partial charge in [-0.05, 0) is 54.7 Å². The van der Waals surface area contributed by atoms with E-state index < -0.39 is 32.5 Å². The predicted molar refractivity (Wildman–Crippen MR) is 146 cm³/mol. The highest BCUT2D eigenvalue weighted by atomic mass is 32.2. The standard InChI is InChI=1S/C30H33NO6S/c1-21-9-8-10-24(19-21)38(35,36)30(17-6-3-7-18-30)29(34)31-26(28(32)33)20-22-13-15-23(16-14-22)25-11-4-5-12-27(25)37-2/h4-5,8-16,19,26H,3,6-7,17-18,20H2,1-2H3,(H,31,34)(H,32,33)/t26-/m0/s1. The first-order chi connectivity index (χ1) is 18.2. The van der Waals surface area contributed by atoms with Crippen molar-refractivity contribution >= 4 is 21.7 Å². The summed E-state index contributed by atoms with van der Waals surface area (Å²) in [6, 6.07) is 20.2. The number of benzene rings is 3. The molecule has 1 saturated carbocycles. The van der Waals surface area contributed by atoms with Crippen molar-refractivity contribution in [1.82, 2.24) is 5.32 Å². The van der Waals surface area contributed by atoms with Gasteiger partial charge in [0.1, 0.15) is 11.8 Å². The van der Waals surface area contributed by atoms with Gasteiger partial charge in [-0.1, -0.05) is 73.9 Å². The summed E-state index contributed by atoms with van der Waals surface area (Å²) in [7, 11) is -2.45. The van der Waals surface area contributed by atoms with Crippen LogP contribution in [0.2, 0.25) is 0 Å². The van der Waals surface area contributed by atoms with Crippen LogP contribution in [-0.4, -0.2) is 43.3 Å². The van der Waals surface area contributed by atoms with Gasteiger partial charge in [0.05, 0.1) is 12.0 Å². The third-order valence-corrected chi connectivity index (χ3v) is 9.80. The number of carbonyl (C=O) groups excluding carboxylic acids is 1. The quantitative estimate of drug-likeness (QED) is 0.401. The molecule has 0 bridgehead atoms. The summed E-state index contributed by atoms with van der Waals surface area (Å²) in [6.07, 6.45) is 2.35. The Morgan fingerprint density at radius 3 is 2.29 bits per heavy atom. The van der Waals surface area contributed by atoms with Crippen molar-refractivity contribution in [3.8, 4) is 16.9 Å². The Hall–Kier alpha value is -3.65. The normalized spacial score (nSPS) is 15.8. The number of carbonyl (C=O) groups is 2. The van der Waals surface area contributed by atoms with Crippen molar-refractivity contribution in [3.63, 3.8) is 0 Å². The van der Waals surface area contributed by atoms with E-state index in [1.165, 1.54) is 6.07 Å². The van der Waals surface area contributed by atoms with E-state index in [4.69, 9.17) is 4.74 Å². The molecule has 1 fully saturated rings. The Balaban J connectivity index is 1.58. The predicted octanol–water partition coefficient (Wildman–Crippen LogP) is 4.96. The first kappa shape index (κ1) is 27.4. The van der Waals surface area contributed by atoms with E-state index in [2.05, 4.69) is 5.32 Å². The number of sulfone groups is 1. The maximum atomic E-state index is 13.8. The van der Waals surface area contributed by atoms with Gasteiger partial charge in [-0.2, -0.15) is 0 Å². The van der Waals surface area contributed by atoms with Crippen molar-refractivity contribution in [2.24, 2.45) is 0 Å². The maximum absolute atomic E-state index is 13.8. The fourth-order valence-electron chi connectivity index (χ4n) is 5.18. The number of nitrogens with one attached hydrogen (secondary N) is 1. The summed E-state index contributed by atoms with van der Waals surface area (Å²) in [5, 5.41) is 12.5. The molecule has 1 amide bonds. The number of hydrogen-bond donors (Lipinski definition) is 2. The number of para-hydroxylation sites is 1. The number of aryl methyl sites for hydroxylation is 1. The molecule has 0 unspecified atom stereocenters. The van der Waals surface area contributed by atoms with Gasteiger partial charge in [0, 0.05) is 12.0 Å². The third-order valence-electron chi connectivity index (χ3n) is 7.30. The zero-order valence-electron chi connectivity index (χ0n) is 21.6. The molecule has 0 heterocycles. The largest absolute Gasteiger partial charge is 0.496 e. The van der Waals surface area contributed by atoms with Crippen molar-refractivity contribution in [3.05, 3.63) is 83.9 Å².